The Kier molecular flexibility index (Phi) is 3.48. The summed E-state index contributed by atoms with van der Waals surface area (Å²) >= 11 is 6.19. The van der Waals surface area contributed by atoms with E-state index in [9.17, 15) is 0 Å². The van der Waals surface area contributed by atoms with Gasteiger partial charge in [0.2, 0.25) is 0 Å². The van der Waals surface area contributed by atoms with Crippen LogP contribution in [0.5, 0.6) is 0 Å². The average Bonchev–Trinajstić information content (AvgIpc) is 2.69. The number of rotatable bonds is 2. The maximum Gasteiger partial charge on any atom is 0.0981 e. The van der Waals surface area contributed by atoms with Crippen molar-refractivity contribution in [3.63, 3.8) is 0 Å². The predicted octanol–water partition coefficient (Wildman–Crippen LogP) is 3.14. The second-order valence-corrected chi connectivity index (χ2v) is 4.76. The van der Waals surface area contributed by atoms with Crippen LogP contribution in [0.4, 0.5) is 0 Å². The minimum atomic E-state index is 0.0670. The molecule has 1 fully saturated rings. The summed E-state index contributed by atoms with van der Waals surface area (Å²) in [6.07, 6.45) is 2.10. The van der Waals surface area contributed by atoms with Gasteiger partial charge in [-0.1, -0.05) is 23.7 Å². The van der Waals surface area contributed by atoms with Crippen LogP contribution in [0.25, 0.3) is 0 Å². The Labute approximate surface area is 101 Å². The van der Waals surface area contributed by atoms with Crippen LogP contribution in [0.3, 0.4) is 0 Å². The summed E-state index contributed by atoms with van der Waals surface area (Å²) in [5.41, 5.74) is 2.29. The topological polar surface area (TPSA) is 27.0 Å². The molecule has 16 heavy (non-hydrogen) atoms. The molecule has 0 N–H and O–H groups in total. The zero-order chi connectivity index (χ0) is 11.5. The minimum Gasteiger partial charge on any atom is -0.284 e. The smallest absolute Gasteiger partial charge is 0.0981 e. The van der Waals surface area contributed by atoms with Gasteiger partial charge >= 0.3 is 0 Å². The molecule has 1 heterocycles. The molecule has 1 saturated heterocycles. The van der Waals surface area contributed by atoms with Gasteiger partial charge in [-0.05, 0) is 43.5 Å². The molecule has 0 amide bonds. The second kappa shape index (κ2) is 4.86. The molecule has 0 radical (unpaired) electrons. The molecule has 0 saturated carbocycles. The summed E-state index contributed by atoms with van der Waals surface area (Å²) < 4.78 is 0. The lowest BCUT2D eigenvalue weighted by molar-refractivity contribution is 0.286. The van der Waals surface area contributed by atoms with Crippen molar-refractivity contribution in [1.29, 1.82) is 5.26 Å². The third-order valence-corrected chi connectivity index (χ3v) is 3.45. The van der Waals surface area contributed by atoms with E-state index in [2.05, 4.69) is 23.1 Å². The molecule has 3 heteroatoms. The second-order valence-electron chi connectivity index (χ2n) is 4.35. The third kappa shape index (κ3) is 2.37. The van der Waals surface area contributed by atoms with E-state index in [-0.39, 0.29) is 6.04 Å². The lowest BCUT2D eigenvalue weighted by Crippen LogP contribution is -2.27. The quantitative estimate of drug-likeness (QED) is 0.786. The van der Waals surface area contributed by atoms with Crippen molar-refractivity contribution < 1.29 is 0 Å². The molecule has 1 aliphatic rings. The molecular weight excluding hydrogens is 220 g/mol. The molecule has 1 aromatic rings. The van der Waals surface area contributed by atoms with Gasteiger partial charge in [0.15, 0.2) is 0 Å². The molecule has 2 nitrogen and oxygen atoms in total. The van der Waals surface area contributed by atoms with Gasteiger partial charge in [0.05, 0.1) is 12.1 Å². The first-order valence-corrected chi connectivity index (χ1v) is 5.97. The van der Waals surface area contributed by atoms with Gasteiger partial charge in [-0.25, -0.2) is 0 Å². The van der Waals surface area contributed by atoms with Crippen LogP contribution in [0.1, 0.15) is 24.0 Å². The molecule has 2 rings (SSSR count). The van der Waals surface area contributed by atoms with Crippen LogP contribution < -0.4 is 0 Å². The lowest BCUT2D eigenvalue weighted by atomic mass is 10.1. The predicted molar refractivity (Wildman–Crippen MR) is 65.2 cm³/mol. The molecule has 1 atom stereocenters. The molecule has 0 bridgehead atoms. The number of benzene rings is 1. The largest absolute Gasteiger partial charge is 0.284 e. The van der Waals surface area contributed by atoms with Crippen molar-refractivity contribution in [1.82, 2.24) is 4.90 Å². The number of likely N-dealkylation sites (tertiary alicyclic amines) is 1. The van der Waals surface area contributed by atoms with Crippen molar-refractivity contribution in [2.75, 3.05) is 6.54 Å². The van der Waals surface area contributed by atoms with Crippen LogP contribution in [-0.4, -0.2) is 17.5 Å². The summed E-state index contributed by atoms with van der Waals surface area (Å²) in [7, 11) is 0. The number of nitriles is 1. The van der Waals surface area contributed by atoms with Gasteiger partial charge in [0.25, 0.3) is 0 Å². The zero-order valence-electron chi connectivity index (χ0n) is 9.41. The summed E-state index contributed by atoms with van der Waals surface area (Å²) in [4.78, 5) is 2.20. The Balaban J connectivity index is 2.12. The summed E-state index contributed by atoms with van der Waals surface area (Å²) in [5.74, 6) is 0. The van der Waals surface area contributed by atoms with Gasteiger partial charge in [0.1, 0.15) is 0 Å². The van der Waals surface area contributed by atoms with E-state index in [0.717, 1.165) is 36.5 Å². The van der Waals surface area contributed by atoms with Crippen LogP contribution >= 0.6 is 11.6 Å². The van der Waals surface area contributed by atoms with Gasteiger partial charge in [-0.2, -0.15) is 5.26 Å². The Morgan fingerprint density at radius 1 is 1.56 bits per heavy atom. The molecule has 0 spiro atoms. The van der Waals surface area contributed by atoms with E-state index in [1.165, 1.54) is 5.56 Å². The average molecular weight is 235 g/mol. The molecular formula is C13H15ClN2. The Bertz CT molecular complexity index is 422. The standard InChI is InChI=1S/C13H15ClN2/c1-10-4-5-11(13(14)7-10)9-16-6-2-3-12(16)8-15/h4-5,7,12H,2-3,6,9H2,1H3. The van der Waals surface area contributed by atoms with Crippen molar-refractivity contribution in [3.8, 4) is 6.07 Å². The van der Waals surface area contributed by atoms with Crippen molar-refractivity contribution in [3.05, 3.63) is 34.3 Å². The summed E-state index contributed by atoms with van der Waals surface area (Å²) in [6.45, 7) is 3.82. The highest BCUT2D eigenvalue weighted by Gasteiger charge is 2.24. The fraction of sp³-hybridized carbons (Fsp3) is 0.462. The van der Waals surface area contributed by atoms with E-state index >= 15 is 0 Å². The number of aryl methyl sites for hydroxylation is 1. The van der Waals surface area contributed by atoms with E-state index in [4.69, 9.17) is 16.9 Å². The lowest BCUT2D eigenvalue weighted by Gasteiger charge is -2.19. The van der Waals surface area contributed by atoms with E-state index in [1.54, 1.807) is 0 Å². The highest BCUT2D eigenvalue weighted by Crippen LogP contribution is 2.24. The maximum atomic E-state index is 9.00. The minimum absolute atomic E-state index is 0.0670. The summed E-state index contributed by atoms with van der Waals surface area (Å²) in [6, 6.07) is 8.52. The van der Waals surface area contributed by atoms with E-state index in [1.807, 2.05) is 13.0 Å². The molecule has 0 aliphatic carbocycles. The highest BCUT2D eigenvalue weighted by molar-refractivity contribution is 6.31. The number of nitrogens with zero attached hydrogens (tertiary/aromatic N) is 2. The van der Waals surface area contributed by atoms with Crippen molar-refractivity contribution in [2.45, 2.75) is 32.4 Å². The fourth-order valence-electron chi connectivity index (χ4n) is 2.16. The van der Waals surface area contributed by atoms with Gasteiger partial charge in [0, 0.05) is 11.6 Å². The zero-order valence-corrected chi connectivity index (χ0v) is 10.2. The van der Waals surface area contributed by atoms with E-state index < -0.39 is 0 Å². The normalized spacial score (nSPS) is 20.9. The van der Waals surface area contributed by atoms with Crippen LogP contribution in [0.2, 0.25) is 5.02 Å². The fourth-order valence-corrected chi connectivity index (χ4v) is 2.46. The number of halogens is 1. The van der Waals surface area contributed by atoms with Gasteiger partial charge < -0.3 is 0 Å². The van der Waals surface area contributed by atoms with E-state index in [0.29, 0.717) is 0 Å². The van der Waals surface area contributed by atoms with Crippen LogP contribution in [0.15, 0.2) is 18.2 Å². The first kappa shape index (κ1) is 11.4. The van der Waals surface area contributed by atoms with Crippen molar-refractivity contribution in [2.24, 2.45) is 0 Å². The Morgan fingerprint density at radius 2 is 2.38 bits per heavy atom. The van der Waals surface area contributed by atoms with Crippen LogP contribution in [0, 0.1) is 18.3 Å². The monoisotopic (exact) mass is 234 g/mol. The van der Waals surface area contributed by atoms with Gasteiger partial charge in [-0.15, -0.1) is 0 Å². The first-order chi connectivity index (χ1) is 7.70. The maximum absolute atomic E-state index is 9.00. The first-order valence-electron chi connectivity index (χ1n) is 5.59. The molecule has 1 aromatic carbocycles. The van der Waals surface area contributed by atoms with Crippen molar-refractivity contribution >= 4 is 11.6 Å². The third-order valence-electron chi connectivity index (χ3n) is 3.09. The molecule has 1 unspecified atom stereocenters. The summed E-state index contributed by atoms with van der Waals surface area (Å²) in [5, 5.41) is 9.81. The van der Waals surface area contributed by atoms with Crippen LogP contribution in [-0.2, 0) is 6.54 Å². The Hall–Kier alpha value is -1.04. The molecule has 84 valence electrons. The SMILES string of the molecule is Cc1ccc(CN2CCCC2C#N)c(Cl)c1. The Morgan fingerprint density at radius 3 is 3.06 bits per heavy atom. The molecule has 0 aromatic heterocycles. The highest BCUT2D eigenvalue weighted by atomic mass is 35.5. The number of hydrogen-bond donors (Lipinski definition) is 0. The number of hydrogen-bond acceptors (Lipinski definition) is 2. The van der Waals surface area contributed by atoms with Gasteiger partial charge in [-0.3, -0.25) is 4.90 Å². The molecule has 1 aliphatic heterocycles.